The lowest BCUT2D eigenvalue weighted by Crippen LogP contribution is -2.35. The number of hydrogen-bond donors (Lipinski definition) is 2. The molecule has 27 heavy (non-hydrogen) atoms. The largest absolute Gasteiger partial charge is 0.494 e. The van der Waals surface area contributed by atoms with Crippen molar-refractivity contribution < 1.29 is 14.6 Å². The Hall–Kier alpha value is -2.49. The van der Waals surface area contributed by atoms with Gasteiger partial charge in [-0.3, -0.25) is 0 Å². The molecule has 140 valence electrons. The van der Waals surface area contributed by atoms with Crippen molar-refractivity contribution >= 4 is 11.7 Å². The molecule has 2 aromatic rings. The molecule has 4 heteroatoms. The molecule has 0 amide bonds. The number of carboxylic acid groups (broad SMARTS) is 1. The quantitative estimate of drug-likeness (QED) is 0.795. The Balaban J connectivity index is 1.55. The van der Waals surface area contributed by atoms with Crippen molar-refractivity contribution in [2.45, 2.75) is 38.1 Å². The summed E-state index contributed by atoms with van der Waals surface area (Å²) in [5.41, 5.74) is 4.02. The van der Waals surface area contributed by atoms with Crippen LogP contribution in [0, 0.1) is 17.8 Å². The summed E-state index contributed by atoms with van der Waals surface area (Å²) in [7, 11) is 0. The van der Waals surface area contributed by atoms with Crippen molar-refractivity contribution in [1.82, 2.24) is 0 Å². The Morgan fingerprint density at radius 3 is 2.67 bits per heavy atom. The van der Waals surface area contributed by atoms with Gasteiger partial charge in [-0.15, -0.1) is 0 Å². The van der Waals surface area contributed by atoms with Crippen LogP contribution in [0.5, 0.6) is 5.75 Å². The van der Waals surface area contributed by atoms with E-state index in [-0.39, 0.29) is 6.04 Å². The van der Waals surface area contributed by atoms with Gasteiger partial charge in [-0.25, -0.2) is 4.79 Å². The van der Waals surface area contributed by atoms with E-state index in [1.54, 1.807) is 6.07 Å². The lowest BCUT2D eigenvalue weighted by Gasteiger charge is -2.43. The average molecular weight is 363 g/mol. The molecule has 0 spiro atoms. The zero-order valence-corrected chi connectivity index (χ0v) is 15.5. The van der Waals surface area contributed by atoms with Crippen LogP contribution >= 0.6 is 0 Å². The highest BCUT2D eigenvalue weighted by atomic mass is 16.5. The fourth-order valence-electron chi connectivity index (χ4n) is 5.89. The van der Waals surface area contributed by atoms with Crippen LogP contribution in [0.1, 0.15) is 59.6 Å². The summed E-state index contributed by atoms with van der Waals surface area (Å²) >= 11 is 0. The standard InChI is InChI=1S/C23H25NO3/c1-2-27-17-8-5-13(6-9-17)22-21-15-4-3-14(11-15)20(21)18-12-16(23(25)26)7-10-19(18)24-22/h5-10,12,14-15,20-22,24H,2-4,11H2,1H3,(H,25,26)/t14-,15-,20+,21+,22-/m0/s1. The average Bonchev–Trinajstić information content (AvgIpc) is 3.30. The van der Waals surface area contributed by atoms with Gasteiger partial charge in [0, 0.05) is 5.69 Å². The molecule has 0 aromatic heterocycles. The predicted octanol–water partition coefficient (Wildman–Crippen LogP) is 5.08. The zero-order valence-electron chi connectivity index (χ0n) is 15.5. The van der Waals surface area contributed by atoms with Crippen LogP contribution in [0.3, 0.4) is 0 Å². The Kier molecular flexibility index (Phi) is 3.88. The van der Waals surface area contributed by atoms with Crippen molar-refractivity contribution in [3.05, 3.63) is 59.2 Å². The Morgan fingerprint density at radius 1 is 1.15 bits per heavy atom. The number of fused-ring (bicyclic) bond motifs is 7. The first kappa shape index (κ1) is 16.7. The van der Waals surface area contributed by atoms with E-state index in [9.17, 15) is 9.90 Å². The summed E-state index contributed by atoms with van der Waals surface area (Å²) in [4.78, 5) is 11.5. The number of benzene rings is 2. The van der Waals surface area contributed by atoms with Gasteiger partial charge >= 0.3 is 5.97 Å². The van der Waals surface area contributed by atoms with Crippen molar-refractivity contribution in [1.29, 1.82) is 0 Å². The molecule has 1 heterocycles. The molecular weight excluding hydrogens is 338 g/mol. The van der Waals surface area contributed by atoms with E-state index in [1.165, 1.54) is 30.4 Å². The number of nitrogens with one attached hydrogen (secondary N) is 1. The van der Waals surface area contributed by atoms with Gasteiger partial charge in [0.05, 0.1) is 18.2 Å². The van der Waals surface area contributed by atoms with Gasteiger partial charge in [0.1, 0.15) is 5.75 Å². The molecule has 4 nitrogen and oxygen atoms in total. The SMILES string of the molecule is CCOc1ccc([C@@H]2Nc3ccc(C(=O)O)cc3[C@H]3[C@H]4CC[C@@H](C4)[C@H]32)cc1. The van der Waals surface area contributed by atoms with E-state index in [1.807, 2.05) is 19.1 Å². The minimum atomic E-state index is -0.842. The number of carboxylic acids is 1. The van der Waals surface area contributed by atoms with Gasteiger partial charge in [-0.1, -0.05) is 12.1 Å². The first-order valence-corrected chi connectivity index (χ1v) is 10.0. The van der Waals surface area contributed by atoms with Crippen LogP contribution in [0.15, 0.2) is 42.5 Å². The molecule has 1 aliphatic heterocycles. The number of aromatic carboxylic acids is 1. The second-order valence-corrected chi connectivity index (χ2v) is 8.17. The molecule has 2 fully saturated rings. The zero-order chi connectivity index (χ0) is 18.5. The molecule has 5 rings (SSSR count). The molecule has 0 saturated heterocycles. The van der Waals surface area contributed by atoms with Gasteiger partial charge in [-0.05, 0) is 91.3 Å². The lowest BCUT2D eigenvalue weighted by molar-refractivity contribution is 0.0696. The summed E-state index contributed by atoms with van der Waals surface area (Å²) < 4.78 is 5.60. The van der Waals surface area contributed by atoms with Crippen LogP contribution < -0.4 is 10.1 Å². The number of anilines is 1. The first-order chi connectivity index (χ1) is 13.2. The summed E-state index contributed by atoms with van der Waals surface area (Å²) in [6.07, 6.45) is 3.86. The highest BCUT2D eigenvalue weighted by Gasteiger charge is 2.53. The monoisotopic (exact) mass is 363 g/mol. The third kappa shape index (κ3) is 2.61. The van der Waals surface area contributed by atoms with Crippen molar-refractivity contribution in [3.63, 3.8) is 0 Å². The van der Waals surface area contributed by atoms with Gasteiger partial charge < -0.3 is 15.2 Å². The van der Waals surface area contributed by atoms with Crippen LogP contribution in [0.25, 0.3) is 0 Å². The third-order valence-electron chi connectivity index (χ3n) is 6.88. The van der Waals surface area contributed by atoms with Crippen molar-refractivity contribution in [3.8, 4) is 5.75 Å². The second-order valence-electron chi connectivity index (χ2n) is 8.17. The van der Waals surface area contributed by atoms with Crippen molar-refractivity contribution in [2.24, 2.45) is 17.8 Å². The molecule has 2 aliphatic carbocycles. The number of ether oxygens (including phenoxy) is 1. The van der Waals surface area contributed by atoms with Crippen molar-refractivity contribution in [2.75, 3.05) is 11.9 Å². The Bertz CT molecular complexity index is 876. The van der Waals surface area contributed by atoms with E-state index in [4.69, 9.17) is 4.74 Å². The minimum Gasteiger partial charge on any atom is -0.494 e. The van der Waals surface area contributed by atoms with E-state index in [0.29, 0.717) is 29.9 Å². The Labute approximate surface area is 159 Å². The lowest BCUT2D eigenvalue weighted by atomic mass is 9.68. The van der Waals surface area contributed by atoms with Crippen LogP contribution in [-0.4, -0.2) is 17.7 Å². The van der Waals surface area contributed by atoms with E-state index in [2.05, 4.69) is 29.6 Å². The maximum absolute atomic E-state index is 11.5. The molecule has 0 radical (unpaired) electrons. The van der Waals surface area contributed by atoms with Crippen LogP contribution in [0.2, 0.25) is 0 Å². The summed E-state index contributed by atoms with van der Waals surface area (Å²) in [6.45, 7) is 2.67. The van der Waals surface area contributed by atoms with Crippen LogP contribution in [0.4, 0.5) is 5.69 Å². The molecule has 0 unspecified atom stereocenters. The fourth-order valence-corrected chi connectivity index (χ4v) is 5.89. The van der Waals surface area contributed by atoms with Gasteiger partial charge in [0.25, 0.3) is 0 Å². The van der Waals surface area contributed by atoms with E-state index >= 15 is 0 Å². The summed E-state index contributed by atoms with van der Waals surface area (Å²) in [5.74, 6) is 2.49. The smallest absolute Gasteiger partial charge is 0.335 e. The molecular formula is C23H25NO3. The fraction of sp³-hybridized carbons (Fsp3) is 0.435. The molecule has 3 aliphatic rings. The molecule has 2 aromatic carbocycles. The predicted molar refractivity (Wildman–Crippen MR) is 104 cm³/mol. The molecule has 5 atom stereocenters. The molecule has 2 N–H and O–H groups in total. The van der Waals surface area contributed by atoms with Gasteiger partial charge in [0.2, 0.25) is 0 Å². The highest BCUT2D eigenvalue weighted by molar-refractivity contribution is 5.88. The number of carbonyl (C=O) groups is 1. The maximum Gasteiger partial charge on any atom is 0.335 e. The topological polar surface area (TPSA) is 58.6 Å². The second kappa shape index (κ2) is 6.29. The maximum atomic E-state index is 11.5. The van der Waals surface area contributed by atoms with E-state index in [0.717, 1.165) is 17.4 Å². The van der Waals surface area contributed by atoms with Gasteiger partial charge in [0.15, 0.2) is 0 Å². The summed E-state index contributed by atoms with van der Waals surface area (Å²) in [5, 5.41) is 13.2. The van der Waals surface area contributed by atoms with Gasteiger partial charge in [-0.2, -0.15) is 0 Å². The third-order valence-corrected chi connectivity index (χ3v) is 6.88. The normalized spacial score (nSPS) is 30.3. The summed E-state index contributed by atoms with van der Waals surface area (Å²) in [6, 6.07) is 14.4. The van der Waals surface area contributed by atoms with E-state index < -0.39 is 5.97 Å². The number of rotatable bonds is 4. The highest BCUT2D eigenvalue weighted by Crippen LogP contribution is 2.63. The Morgan fingerprint density at radius 2 is 1.93 bits per heavy atom. The molecule has 2 saturated carbocycles. The minimum absolute atomic E-state index is 0.282. The number of hydrogen-bond acceptors (Lipinski definition) is 3. The first-order valence-electron chi connectivity index (χ1n) is 10.0. The van der Waals surface area contributed by atoms with Crippen LogP contribution in [-0.2, 0) is 0 Å². The molecule has 2 bridgehead atoms.